The molecule has 17 nitrogen and oxygen atoms in total. The van der Waals surface area contributed by atoms with Gasteiger partial charge in [-0.05, 0) is 204 Å². The molecule has 0 amide bonds. The van der Waals surface area contributed by atoms with E-state index < -0.39 is 16.7 Å². The normalized spacial score (nSPS) is 18.1. The summed E-state index contributed by atoms with van der Waals surface area (Å²) in [4.78, 5) is 16.3. The molecule has 0 saturated heterocycles. The Labute approximate surface area is 412 Å². The lowest BCUT2D eigenvalue weighted by atomic mass is 9.46. The van der Waals surface area contributed by atoms with Crippen LogP contribution in [0.5, 0.6) is 0 Å². The molecule has 402 valence electrons. The molecule has 0 fully saturated rings. The summed E-state index contributed by atoms with van der Waals surface area (Å²) in [5.41, 5.74) is 48.4. The van der Waals surface area contributed by atoms with Gasteiger partial charge in [0.2, 0.25) is 0 Å². The van der Waals surface area contributed by atoms with Gasteiger partial charge in [-0.15, -0.1) is 0 Å². The number of nitrogens with two attached hydrogens (primary N) is 8. The molecule has 0 aliphatic carbocycles. The van der Waals surface area contributed by atoms with E-state index in [0.29, 0.717) is 78.5 Å². The van der Waals surface area contributed by atoms with Crippen molar-refractivity contribution in [2.75, 3.05) is 105 Å². The number of Topliss-reactive ketones (excluding diaryl/α,β-unsaturated/α-hetero) is 1. The predicted molar refractivity (Wildman–Crippen MR) is 289 cm³/mol. The molecule has 0 rings (SSSR count). The highest BCUT2D eigenvalue weighted by molar-refractivity contribution is 5.81. The van der Waals surface area contributed by atoms with Gasteiger partial charge >= 0.3 is 0 Å². The van der Waals surface area contributed by atoms with Crippen molar-refractivity contribution in [3.8, 4) is 0 Å². The molecule has 0 saturated carbocycles. The first-order valence-electron chi connectivity index (χ1n) is 27.4. The molecular weight excluding hydrogens is 841 g/mol. The third kappa shape index (κ3) is 23.0. The second kappa shape index (κ2) is 41.6. The molecule has 0 aliphatic rings. The van der Waals surface area contributed by atoms with Gasteiger partial charge in [-0.3, -0.25) is 4.79 Å². The molecule has 9 atom stereocenters. The van der Waals surface area contributed by atoms with Crippen LogP contribution in [0.3, 0.4) is 0 Å². The summed E-state index contributed by atoms with van der Waals surface area (Å²) in [6.07, 6.45) is 13.2. The van der Waals surface area contributed by atoms with Crippen molar-refractivity contribution >= 4 is 5.78 Å². The first-order valence-corrected chi connectivity index (χ1v) is 27.4. The van der Waals surface area contributed by atoms with E-state index in [4.69, 9.17) is 45.9 Å². The predicted octanol–water partition coefficient (Wildman–Crippen LogP) is 0.470. The molecule has 0 aromatic carbocycles. The molecule has 0 aromatic rings. The van der Waals surface area contributed by atoms with Crippen LogP contribution < -0.4 is 88.4 Å². The number of hydrogen-bond acceptors (Lipinski definition) is 17. The van der Waals surface area contributed by atoms with Crippen LogP contribution in [0, 0.1) is 16.7 Å². The quantitative estimate of drug-likeness (QED) is 0.0369. The highest BCUT2D eigenvalue weighted by Crippen LogP contribution is 2.57. The Bertz CT molecular complexity index is 1070. The number of hydrogen-bond donors (Lipinski definition) is 16. The third-order valence-corrected chi connectivity index (χ3v) is 14.3. The van der Waals surface area contributed by atoms with Gasteiger partial charge in [0.25, 0.3) is 0 Å². The smallest absolute Gasteiger partial charge is 0.134 e. The second-order valence-corrected chi connectivity index (χ2v) is 19.7. The van der Waals surface area contributed by atoms with Crippen LogP contribution >= 0.6 is 0 Å². The minimum absolute atomic E-state index is 0.0563. The number of ketones is 1. The largest absolute Gasteiger partial charge is 0.330 e. The van der Waals surface area contributed by atoms with Crippen molar-refractivity contribution in [3.63, 3.8) is 0 Å². The van der Waals surface area contributed by atoms with E-state index in [9.17, 15) is 0 Å². The maximum Gasteiger partial charge on any atom is 0.134 e. The van der Waals surface area contributed by atoms with Gasteiger partial charge < -0.3 is 88.4 Å². The van der Waals surface area contributed by atoms with Gasteiger partial charge in [-0.2, -0.15) is 0 Å². The van der Waals surface area contributed by atoms with E-state index in [0.717, 1.165) is 122 Å². The number of rotatable bonds is 50. The summed E-state index contributed by atoms with van der Waals surface area (Å²) in [6.45, 7) is 26.2. The van der Waals surface area contributed by atoms with Crippen LogP contribution in [-0.2, 0) is 4.79 Å². The summed E-state index contributed by atoms with van der Waals surface area (Å²) in [6, 6.07) is -0.980. The zero-order valence-corrected chi connectivity index (χ0v) is 44.6. The fourth-order valence-corrected chi connectivity index (χ4v) is 11.5. The van der Waals surface area contributed by atoms with Gasteiger partial charge in [-0.25, -0.2) is 0 Å². The maximum atomic E-state index is 16.3. The summed E-state index contributed by atoms with van der Waals surface area (Å²) in [5.74, 6) is -0.309. The number of carbonyl (C=O) groups is 1. The molecule has 67 heavy (non-hydrogen) atoms. The van der Waals surface area contributed by atoms with Crippen LogP contribution in [0.4, 0.5) is 0 Å². The molecule has 9 unspecified atom stereocenters. The molecule has 0 aromatic heterocycles. The maximum absolute atomic E-state index is 16.3. The molecule has 17 heteroatoms. The summed E-state index contributed by atoms with van der Waals surface area (Å²) >= 11 is 0. The first-order chi connectivity index (χ1) is 32.4. The zero-order valence-electron chi connectivity index (χ0n) is 44.6. The average molecular weight is 958 g/mol. The summed E-state index contributed by atoms with van der Waals surface area (Å²) < 4.78 is 0. The van der Waals surface area contributed by atoms with E-state index in [1.165, 1.54) is 0 Å². The highest BCUT2D eigenvalue weighted by Gasteiger charge is 2.65. The van der Waals surface area contributed by atoms with E-state index in [-0.39, 0.29) is 54.1 Å². The van der Waals surface area contributed by atoms with E-state index in [2.05, 4.69) is 84.1 Å². The lowest BCUT2D eigenvalue weighted by Gasteiger charge is -2.64. The lowest BCUT2D eigenvalue weighted by Crippen LogP contribution is -2.78. The van der Waals surface area contributed by atoms with E-state index in [1.807, 2.05) is 6.92 Å². The molecule has 0 aliphatic heterocycles. The average Bonchev–Trinajstić information content (AvgIpc) is 3.30. The SMILES string of the molecule is CCCCCCC(C(NCCCN)C(C)NCCCN)(C(NCCCN)C(C)NCCCN)C(C(C)=O)C(CCC)(C(NCCCN)C(C)NCCCN)C(NCCCN)C(C)NCCCN. The fraction of sp³-hybridized carbons (Fsp3) is 0.980. The Balaban J connectivity index is 9.79. The molecule has 0 heterocycles. The highest BCUT2D eigenvalue weighted by atomic mass is 16.1. The van der Waals surface area contributed by atoms with E-state index >= 15 is 4.79 Å². The summed E-state index contributed by atoms with van der Waals surface area (Å²) in [5, 5.41) is 32.8. The minimum Gasteiger partial charge on any atom is -0.330 e. The van der Waals surface area contributed by atoms with Crippen LogP contribution in [0.2, 0.25) is 0 Å². The molecule has 0 spiro atoms. The number of unbranched alkanes of at least 4 members (excludes halogenated alkanes) is 3. The Morgan fingerprint density at radius 3 is 0.836 bits per heavy atom. The van der Waals surface area contributed by atoms with Crippen molar-refractivity contribution in [1.82, 2.24) is 42.5 Å². The van der Waals surface area contributed by atoms with Crippen LogP contribution in [0.1, 0.15) is 145 Å². The van der Waals surface area contributed by atoms with Crippen LogP contribution in [0.25, 0.3) is 0 Å². The molecular formula is C50H116N16O. The second-order valence-electron chi connectivity index (χ2n) is 19.7. The molecule has 0 bridgehead atoms. The fourth-order valence-electron chi connectivity index (χ4n) is 11.5. The lowest BCUT2D eigenvalue weighted by molar-refractivity contribution is -0.150. The van der Waals surface area contributed by atoms with Crippen molar-refractivity contribution in [1.29, 1.82) is 0 Å². The Hall–Kier alpha value is -0.970. The zero-order chi connectivity index (χ0) is 50.4. The van der Waals surface area contributed by atoms with Gasteiger partial charge in [-0.1, -0.05) is 46.0 Å². The Morgan fingerprint density at radius 1 is 0.358 bits per heavy atom. The topological polar surface area (TPSA) is 321 Å². The molecule has 24 N–H and O–H groups in total. The monoisotopic (exact) mass is 957 g/mol. The van der Waals surface area contributed by atoms with Crippen LogP contribution in [-0.4, -0.2) is 159 Å². The standard InChI is InChI=1S/C50H116N16O/c1-8-10-11-12-22-50(47(65-37-19-29-57)41(5)61-33-15-25-53,48(66-38-20-30-58)42(6)62-34-16-26-54)44(43(7)67)49(21-9-2,45(63-35-17-27-55)39(3)59-31-13-23-51)46(64-36-18-28-56)40(4)60-32-14-24-52/h39-42,44-48,59-66H,8-38,51-58H2,1-7H3. The minimum atomic E-state index is -0.714. The Morgan fingerprint density at radius 2 is 0.612 bits per heavy atom. The van der Waals surface area contributed by atoms with Gasteiger partial charge in [0.15, 0.2) is 0 Å². The Kier molecular flexibility index (Phi) is 41.0. The van der Waals surface area contributed by atoms with Gasteiger partial charge in [0.05, 0.1) is 0 Å². The van der Waals surface area contributed by atoms with Crippen LogP contribution in [0.15, 0.2) is 0 Å². The third-order valence-electron chi connectivity index (χ3n) is 14.3. The van der Waals surface area contributed by atoms with Crippen molar-refractivity contribution in [3.05, 3.63) is 0 Å². The number of nitrogens with one attached hydrogen (secondary N) is 8. The molecule has 0 radical (unpaired) electrons. The van der Waals surface area contributed by atoms with Crippen molar-refractivity contribution < 1.29 is 4.79 Å². The van der Waals surface area contributed by atoms with Gasteiger partial charge in [0, 0.05) is 65.1 Å². The van der Waals surface area contributed by atoms with Crippen molar-refractivity contribution in [2.24, 2.45) is 62.6 Å². The van der Waals surface area contributed by atoms with Crippen molar-refractivity contribution in [2.45, 2.75) is 193 Å². The number of carbonyl (C=O) groups excluding carboxylic acids is 1. The van der Waals surface area contributed by atoms with E-state index in [1.54, 1.807) is 0 Å². The summed E-state index contributed by atoms with van der Waals surface area (Å²) in [7, 11) is 0. The van der Waals surface area contributed by atoms with Gasteiger partial charge in [0.1, 0.15) is 5.78 Å². The first kappa shape index (κ1) is 66.0.